The minimum atomic E-state index is -0.196. The Balaban J connectivity index is 1.70. The number of fused-ring (bicyclic) bond motifs is 1. The minimum Gasteiger partial charge on any atom is -0.344 e. The molecule has 0 atom stereocenters. The second-order valence-corrected chi connectivity index (χ2v) is 9.11. The van der Waals surface area contributed by atoms with Gasteiger partial charge in [-0.2, -0.15) is 0 Å². The number of nitrogens with one attached hydrogen (secondary N) is 1. The summed E-state index contributed by atoms with van der Waals surface area (Å²) in [6, 6.07) is 16.7. The van der Waals surface area contributed by atoms with Crippen LogP contribution in [0, 0.1) is 0 Å². The normalized spacial score (nSPS) is 11.3. The number of halogens is 1. The lowest BCUT2D eigenvalue weighted by Gasteiger charge is -2.16. The molecule has 2 aromatic carbocycles. The van der Waals surface area contributed by atoms with Crippen molar-refractivity contribution in [3.8, 4) is 11.1 Å². The number of amides is 1. The molecule has 4 rings (SSSR count). The van der Waals surface area contributed by atoms with Gasteiger partial charge in [0.05, 0.1) is 5.75 Å². The smallest absolute Gasteiger partial charge is 0.278 e. The van der Waals surface area contributed by atoms with Gasteiger partial charge in [0.2, 0.25) is 5.91 Å². The summed E-state index contributed by atoms with van der Waals surface area (Å²) in [5, 5.41) is 3.90. The number of rotatable bonds is 6. The number of hydrogen-bond acceptors (Lipinski definition) is 4. The molecular formula is C24H23ClN4O2S. The van der Waals surface area contributed by atoms with E-state index in [9.17, 15) is 9.59 Å². The minimum absolute atomic E-state index is 0.104. The van der Waals surface area contributed by atoms with Gasteiger partial charge in [-0.25, -0.2) is 4.98 Å². The van der Waals surface area contributed by atoms with Crippen molar-refractivity contribution in [3.05, 3.63) is 76.2 Å². The second-order valence-electron chi connectivity index (χ2n) is 7.73. The van der Waals surface area contributed by atoms with Gasteiger partial charge in [-0.15, -0.1) is 0 Å². The first-order valence-corrected chi connectivity index (χ1v) is 11.6. The molecule has 0 spiro atoms. The van der Waals surface area contributed by atoms with Gasteiger partial charge in [0.1, 0.15) is 11.0 Å². The third kappa shape index (κ3) is 4.45. The van der Waals surface area contributed by atoms with Crippen LogP contribution in [0.4, 0.5) is 5.69 Å². The molecule has 0 aliphatic carbocycles. The van der Waals surface area contributed by atoms with Crippen molar-refractivity contribution in [3.63, 3.8) is 0 Å². The van der Waals surface area contributed by atoms with E-state index in [1.807, 2.05) is 62.0 Å². The molecule has 8 heteroatoms. The summed E-state index contributed by atoms with van der Waals surface area (Å²) in [5.41, 5.74) is 3.57. The van der Waals surface area contributed by atoms with Crippen LogP contribution in [0.15, 0.2) is 70.7 Å². The van der Waals surface area contributed by atoms with Crippen LogP contribution < -0.4 is 10.9 Å². The lowest BCUT2D eigenvalue weighted by Crippen LogP contribution is -2.26. The first-order valence-electron chi connectivity index (χ1n) is 10.2. The molecule has 0 unspecified atom stereocenters. The van der Waals surface area contributed by atoms with E-state index >= 15 is 0 Å². The lowest BCUT2D eigenvalue weighted by atomic mass is 10.1. The van der Waals surface area contributed by atoms with Gasteiger partial charge in [-0.1, -0.05) is 59.8 Å². The zero-order valence-electron chi connectivity index (χ0n) is 18.0. The average Bonchev–Trinajstić information content (AvgIpc) is 3.09. The Hall–Kier alpha value is -3.03. The summed E-state index contributed by atoms with van der Waals surface area (Å²) < 4.78 is 3.47. The van der Waals surface area contributed by atoms with Crippen LogP contribution in [-0.4, -0.2) is 25.8 Å². The van der Waals surface area contributed by atoms with Crippen molar-refractivity contribution in [2.24, 2.45) is 7.05 Å². The molecule has 0 saturated heterocycles. The number of aromatic nitrogens is 3. The maximum Gasteiger partial charge on any atom is 0.278 e. The van der Waals surface area contributed by atoms with Crippen LogP contribution in [0.3, 0.4) is 0 Å². The van der Waals surface area contributed by atoms with E-state index in [-0.39, 0.29) is 23.3 Å². The number of carbonyl (C=O) groups is 1. The fraction of sp³-hybridized carbons (Fsp3) is 0.208. The number of anilines is 1. The van der Waals surface area contributed by atoms with Gasteiger partial charge < -0.3 is 9.88 Å². The Kier molecular flexibility index (Phi) is 6.39. The molecule has 2 heterocycles. The Bertz CT molecular complexity index is 1350. The summed E-state index contributed by atoms with van der Waals surface area (Å²) in [5.74, 6) is -0.0803. The highest BCUT2D eigenvalue weighted by Crippen LogP contribution is 2.30. The highest BCUT2D eigenvalue weighted by Gasteiger charge is 2.20. The average molecular weight is 467 g/mol. The van der Waals surface area contributed by atoms with Crippen LogP contribution in [0.25, 0.3) is 22.2 Å². The predicted molar refractivity (Wildman–Crippen MR) is 132 cm³/mol. The van der Waals surface area contributed by atoms with Crippen LogP contribution in [0.1, 0.15) is 19.9 Å². The number of hydrogen-bond donors (Lipinski definition) is 1. The van der Waals surface area contributed by atoms with Crippen molar-refractivity contribution in [1.29, 1.82) is 0 Å². The number of carbonyl (C=O) groups excluding carboxylic acids is 1. The number of nitrogens with zero attached hydrogens (tertiary/aromatic N) is 3. The molecule has 0 bridgehead atoms. The Morgan fingerprint density at radius 3 is 2.59 bits per heavy atom. The van der Waals surface area contributed by atoms with E-state index in [2.05, 4.69) is 5.32 Å². The van der Waals surface area contributed by atoms with Crippen LogP contribution in [0.2, 0.25) is 5.02 Å². The van der Waals surface area contributed by atoms with Gasteiger partial charge >= 0.3 is 0 Å². The van der Waals surface area contributed by atoms with Gasteiger partial charge in [0.25, 0.3) is 5.56 Å². The third-order valence-electron chi connectivity index (χ3n) is 5.03. The largest absolute Gasteiger partial charge is 0.344 e. The summed E-state index contributed by atoms with van der Waals surface area (Å²) in [4.78, 5) is 30.8. The zero-order valence-corrected chi connectivity index (χ0v) is 19.6. The summed E-state index contributed by atoms with van der Waals surface area (Å²) in [6.45, 7) is 3.87. The third-order valence-corrected chi connectivity index (χ3v) is 6.22. The molecule has 0 fully saturated rings. The van der Waals surface area contributed by atoms with E-state index in [0.717, 1.165) is 11.1 Å². The highest BCUT2D eigenvalue weighted by atomic mass is 35.5. The lowest BCUT2D eigenvalue weighted by molar-refractivity contribution is -0.113. The number of aryl methyl sites for hydroxylation is 1. The highest BCUT2D eigenvalue weighted by molar-refractivity contribution is 7.99. The van der Waals surface area contributed by atoms with Gasteiger partial charge in [0.15, 0.2) is 5.16 Å². The van der Waals surface area contributed by atoms with E-state index in [0.29, 0.717) is 26.9 Å². The molecule has 0 saturated carbocycles. The fourth-order valence-corrected chi connectivity index (χ4v) is 4.72. The molecule has 0 aliphatic heterocycles. The molecule has 2 aromatic heterocycles. The molecule has 0 aliphatic rings. The van der Waals surface area contributed by atoms with Gasteiger partial charge in [-0.05, 0) is 37.6 Å². The van der Waals surface area contributed by atoms with Crippen molar-refractivity contribution in [1.82, 2.24) is 14.1 Å². The van der Waals surface area contributed by atoms with E-state index < -0.39 is 0 Å². The summed E-state index contributed by atoms with van der Waals surface area (Å²) in [6.07, 6.45) is 1.93. The van der Waals surface area contributed by atoms with Crippen molar-refractivity contribution >= 4 is 46.0 Å². The Morgan fingerprint density at radius 2 is 1.91 bits per heavy atom. The molecule has 1 N–H and O–H groups in total. The molecule has 0 radical (unpaired) electrons. The zero-order chi connectivity index (χ0) is 22.8. The Labute approximate surface area is 195 Å². The SMILES string of the molecule is CC(C)n1c(SCC(=O)Nc2cccc(Cl)c2)nc2c(-c3ccccc3)cn(C)c2c1=O. The van der Waals surface area contributed by atoms with Crippen molar-refractivity contribution < 1.29 is 4.79 Å². The van der Waals surface area contributed by atoms with Crippen LogP contribution >= 0.6 is 23.4 Å². The molecule has 4 aromatic rings. The predicted octanol–water partition coefficient (Wildman–Crippen LogP) is 5.37. The maximum atomic E-state index is 13.4. The van der Waals surface area contributed by atoms with Crippen molar-refractivity contribution in [2.75, 3.05) is 11.1 Å². The topological polar surface area (TPSA) is 68.9 Å². The molecular weight excluding hydrogens is 444 g/mol. The molecule has 6 nitrogen and oxygen atoms in total. The van der Waals surface area contributed by atoms with E-state index in [1.54, 1.807) is 28.8 Å². The quantitative estimate of drug-likeness (QED) is 0.306. The number of benzene rings is 2. The standard InChI is InChI=1S/C24H23ClN4O2S/c1-15(2)29-23(31)22-21(19(13-28(22)3)16-8-5-4-6-9-16)27-24(29)32-14-20(30)26-18-11-7-10-17(25)12-18/h4-13,15H,14H2,1-3H3,(H,26,30). The van der Waals surface area contributed by atoms with E-state index in [1.165, 1.54) is 11.8 Å². The van der Waals surface area contributed by atoms with Crippen molar-refractivity contribution in [2.45, 2.75) is 25.0 Å². The summed E-state index contributed by atoms with van der Waals surface area (Å²) in [7, 11) is 1.85. The first kappa shape index (κ1) is 22.2. The fourth-order valence-electron chi connectivity index (χ4n) is 3.61. The molecule has 32 heavy (non-hydrogen) atoms. The second kappa shape index (κ2) is 9.22. The first-order chi connectivity index (χ1) is 15.3. The number of thioether (sulfide) groups is 1. The Morgan fingerprint density at radius 1 is 1.16 bits per heavy atom. The van der Waals surface area contributed by atoms with E-state index in [4.69, 9.17) is 16.6 Å². The van der Waals surface area contributed by atoms with Crippen LogP contribution in [-0.2, 0) is 11.8 Å². The summed E-state index contributed by atoms with van der Waals surface area (Å²) >= 11 is 7.24. The van der Waals surface area contributed by atoms with Gasteiger partial charge in [-0.3, -0.25) is 14.2 Å². The van der Waals surface area contributed by atoms with Gasteiger partial charge in [0, 0.05) is 35.6 Å². The molecule has 1 amide bonds. The molecule has 164 valence electrons. The van der Waals surface area contributed by atoms with Crippen LogP contribution in [0.5, 0.6) is 0 Å². The maximum absolute atomic E-state index is 13.4. The monoisotopic (exact) mass is 466 g/mol.